The number of nitrogens with one attached hydrogen (secondary N) is 1. The van der Waals surface area contributed by atoms with Gasteiger partial charge in [-0.25, -0.2) is 0 Å². The van der Waals surface area contributed by atoms with Gasteiger partial charge in [0.25, 0.3) is 0 Å². The third kappa shape index (κ3) is 2.35. The molecule has 3 heterocycles. The molecule has 0 saturated carbocycles. The maximum atomic E-state index is 5.60. The van der Waals surface area contributed by atoms with E-state index in [1.807, 2.05) is 0 Å². The zero-order valence-corrected chi connectivity index (χ0v) is 10.8. The molecule has 0 aromatic carbocycles. The van der Waals surface area contributed by atoms with E-state index in [1.54, 1.807) is 0 Å². The summed E-state index contributed by atoms with van der Waals surface area (Å²) >= 11 is 0. The van der Waals surface area contributed by atoms with Crippen LogP contribution in [0, 0.1) is 5.92 Å². The number of hydrogen-bond acceptors (Lipinski definition) is 5. The zero-order valence-electron chi connectivity index (χ0n) is 10.8. The number of H-pyrrole nitrogens is 1. The Hall–Kier alpha value is -1.14. The normalized spacial score (nSPS) is 28.8. The molecule has 100 valence electrons. The Labute approximate surface area is 107 Å². The van der Waals surface area contributed by atoms with Crippen molar-refractivity contribution >= 4 is 5.95 Å². The fraction of sp³-hybridized carbons (Fsp3) is 0.833. The number of aromatic nitrogens is 3. The highest BCUT2D eigenvalue weighted by atomic mass is 16.6. The quantitative estimate of drug-likeness (QED) is 0.873. The summed E-state index contributed by atoms with van der Waals surface area (Å²) in [5, 5.41) is 7.27. The Bertz CT molecular complexity index is 389. The SMILES string of the molecule is CCC1CCN(c2n[nH]c(C3COCCO3)n2)C1. The van der Waals surface area contributed by atoms with Crippen LogP contribution in [0.3, 0.4) is 0 Å². The Morgan fingerprint density at radius 1 is 1.44 bits per heavy atom. The largest absolute Gasteiger partial charge is 0.376 e. The molecule has 2 aliphatic rings. The first-order valence-electron chi connectivity index (χ1n) is 6.73. The smallest absolute Gasteiger partial charge is 0.244 e. The van der Waals surface area contributed by atoms with E-state index in [1.165, 1.54) is 12.8 Å². The molecule has 2 aliphatic heterocycles. The molecule has 18 heavy (non-hydrogen) atoms. The molecule has 0 amide bonds. The molecule has 2 saturated heterocycles. The average molecular weight is 252 g/mol. The van der Waals surface area contributed by atoms with Gasteiger partial charge in [0.1, 0.15) is 6.10 Å². The molecule has 1 aromatic heterocycles. The van der Waals surface area contributed by atoms with E-state index in [-0.39, 0.29) is 6.10 Å². The Kier molecular flexibility index (Phi) is 3.47. The van der Waals surface area contributed by atoms with Gasteiger partial charge in [0.15, 0.2) is 5.82 Å². The number of hydrogen-bond donors (Lipinski definition) is 1. The van der Waals surface area contributed by atoms with E-state index < -0.39 is 0 Å². The second-order valence-electron chi connectivity index (χ2n) is 4.96. The molecule has 0 aliphatic carbocycles. The van der Waals surface area contributed by atoms with E-state index in [9.17, 15) is 0 Å². The molecular weight excluding hydrogens is 232 g/mol. The van der Waals surface area contributed by atoms with E-state index in [2.05, 4.69) is 27.0 Å². The van der Waals surface area contributed by atoms with Crippen LogP contribution in [0.1, 0.15) is 31.7 Å². The molecule has 3 rings (SSSR count). The maximum absolute atomic E-state index is 5.60. The highest BCUT2D eigenvalue weighted by Gasteiger charge is 2.26. The lowest BCUT2D eigenvalue weighted by Crippen LogP contribution is -2.23. The van der Waals surface area contributed by atoms with Gasteiger partial charge in [0.05, 0.1) is 19.8 Å². The monoisotopic (exact) mass is 252 g/mol. The standard InChI is InChI=1S/C12H20N4O2/c1-2-9-3-4-16(7-9)12-13-11(14-15-12)10-8-17-5-6-18-10/h9-10H,2-8H2,1H3,(H,13,14,15). The highest BCUT2D eigenvalue weighted by Crippen LogP contribution is 2.24. The summed E-state index contributed by atoms with van der Waals surface area (Å²) < 4.78 is 11.0. The van der Waals surface area contributed by atoms with E-state index in [0.29, 0.717) is 19.8 Å². The third-order valence-electron chi connectivity index (χ3n) is 3.76. The number of anilines is 1. The maximum Gasteiger partial charge on any atom is 0.244 e. The van der Waals surface area contributed by atoms with Crippen LogP contribution in [0.2, 0.25) is 0 Å². The summed E-state index contributed by atoms with van der Waals surface area (Å²) in [6, 6.07) is 0. The zero-order chi connectivity index (χ0) is 12.4. The Morgan fingerprint density at radius 3 is 3.11 bits per heavy atom. The van der Waals surface area contributed by atoms with Gasteiger partial charge in [-0.2, -0.15) is 4.98 Å². The lowest BCUT2D eigenvalue weighted by molar-refractivity contribution is -0.0933. The summed E-state index contributed by atoms with van der Waals surface area (Å²) in [4.78, 5) is 6.79. The molecule has 2 unspecified atom stereocenters. The van der Waals surface area contributed by atoms with Crippen LogP contribution in [-0.4, -0.2) is 48.1 Å². The minimum atomic E-state index is -0.0930. The Balaban J connectivity index is 1.66. The molecule has 0 spiro atoms. The minimum Gasteiger partial charge on any atom is -0.376 e. The molecule has 1 aromatic rings. The molecule has 0 radical (unpaired) electrons. The van der Waals surface area contributed by atoms with Crippen LogP contribution < -0.4 is 4.90 Å². The first-order chi connectivity index (χ1) is 8.86. The second kappa shape index (κ2) is 5.24. The summed E-state index contributed by atoms with van der Waals surface area (Å²) in [6.45, 7) is 6.22. The van der Waals surface area contributed by atoms with Crippen molar-refractivity contribution in [2.45, 2.75) is 25.9 Å². The van der Waals surface area contributed by atoms with Gasteiger partial charge >= 0.3 is 0 Å². The molecular formula is C12H20N4O2. The predicted molar refractivity (Wildman–Crippen MR) is 66.5 cm³/mol. The summed E-state index contributed by atoms with van der Waals surface area (Å²) in [5.41, 5.74) is 0. The van der Waals surface area contributed by atoms with Gasteiger partial charge in [0.2, 0.25) is 5.95 Å². The van der Waals surface area contributed by atoms with Crippen molar-refractivity contribution < 1.29 is 9.47 Å². The molecule has 2 fully saturated rings. The number of aromatic amines is 1. The molecule has 6 heteroatoms. The van der Waals surface area contributed by atoms with Gasteiger partial charge in [-0.15, -0.1) is 5.10 Å². The van der Waals surface area contributed by atoms with Crippen molar-refractivity contribution in [3.05, 3.63) is 5.82 Å². The number of rotatable bonds is 3. The number of nitrogens with zero attached hydrogens (tertiary/aromatic N) is 3. The van der Waals surface area contributed by atoms with Crippen LogP contribution >= 0.6 is 0 Å². The van der Waals surface area contributed by atoms with Gasteiger partial charge in [-0.1, -0.05) is 13.3 Å². The van der Waals surface area contributed by atoms with E-state index >= 15 is 0 Å². The average Bonchev–Trinajstić information content (AvgIpc) is 3.08. The first kappa shape index (κ1) is 11.9. The van der Waals surface area contributed by atoms with Crippen molar-refractivity contribution in [2.75, 3.05) is 37.8 Å². The van der Waals surface area contributed by atoms with Crippen molar-refractivity contribution in [1.29, 1.82) is 0 Å². The predicted octanol–water partition coefficient (Wildman–Crippen LogP) is 1.13. The van der Waals surface area contributed by atoms with Crippen molar-refractivity contribution in [3.63, 3.8) is 0 Å². The van der Waals surface area contributed by atoms with Crippen LogP contribution in [0.4, 0.5) is 5.95 Å². The van der Waals surface area contributed by atoms with Crippen molar-refractivity contribution in [2.24, 2.45) is 5.92 Å². The van der Waals surface area contributed by atoms with Crippen molar-refractivity contribution in [1.82, 2.24) is 15.2 Å². The second-order valence-corrected chi connectivity index (χ2v) is 4.96. The highest BCUT2D eigenvalue weighted by molar-refractivity contribution is 5.30. The van der Waals surface area contributed by atoms with Crippen LogP contribution in [-0.2, 0) is 9.47 Å². The fourth-order valence-electron chi connectivity index (χ4n) is 2.54. The third-order valence-corrected chi connectivity index (χ3v) is 3.76. The molecule has 1 N–H and O–H groups in total. The minimum absolute atomic E-state index is 0.0930. The molecule has 6 nitrogen and oxygen atoms in total. The van der Waals surface area contributed by atoms with Crippen LogP contribution in [0.25, 0.3) is 0 Å². The van der Waals surface area contributed by atoms with Gasteiger partial charge in [-0.05, 0) is 12.3 Å². The summed E-state index contributed by atoms with van der Waals surface area (Å²) in [7, 11) is 0. The first-order valence-corrected chi connectivity index (χ1v) is 6.73. The van der Waals surface area contributed by atoms with Crippen LogP contribution in [0.5, 0.6) is 0 Å². The van der Waals surface area contributed by atoms with Crippen LogP contribution in [0.15, 0.2) is 0 Å². The molecule has 2 atom stereocenters. The fourth-order valence-corrected chi connectivity index (χ4v) is 2.54. The summed E-state index contributed by atoms with van der Waals surface area (Å²) in [5.74, 6) is 2.36. The number of ether oxygens (including phenoxy) is 2. The van der Waals surface area contributed by atoms with E-state index in [4.69, 9.17) is 9.47 Å². The van der Waals surface area contributed by atoms with Gasteiger partial charge < -0.3 is 14.4 Å². The topological polar surface area (TPSA) is 63.3 Å². The van der Waals surface area contributed by atoms with Gasteiger partial charge in [-0.3, -0.25) is 5.10 Å². The van der Waals surface area contributed by atoms with Gasteiger partial charge in [0, 0.05) is 13.1 Å². The summed E-state index contributed by atoms with van der Waals surface area (Å²) in [6.07, 6.45) is 2.38. The van der Waals surface area contributed by atoms with E-state index in [0.717, 1.165) is 30.8 Å². The Morgan fingerprint density at radius 2 is 2.39 bits per heavy atom. The lowest BCUT2D eigenvalue weighted by atomic mass is 10.1. The van der Waals surface area contributed by atoms with Crippen molar-refractivity contribution in [3.8, 4) is 0 Å². The lowest BCUT2D eigenvalue weighted by Gasteiger charge is -2.20. The molecule has 0 bridgehead atoms.